The van der Waals surface area contributed by atoms with Gasteiger partial charge >= 0.3 is 5.97 Å². The second-order valence-electron chi connectivity index (χ2n) is 3.78. The third-order valence-corrected chi connectivity index (χ3v) is 2.35. The summed E-state index contributed by atoms with van der Waals surface area (Å²) in [6, 6.07) is 3.09. The first-order chi connectivity index (χ1) is 7.99. The minimum atomic E-state index is -0.875. The van der Waals surface area contributed by atoms with E-state index in [1.165, 1.54) is 12.3 Å². The van der Waals surface area contributed by atoms with E-state index < -0.39 is 5.97 Å². The molecule has 0 spiro atoms. The summed E-state index contributed by atoms with van der Waals surface area (Å²) < 4.78 is 0. The van der Waals surface area contributed by atoms with E-state index in [1.807, 2.05) is 0 Å². The van der Waals surface area contributed by atoms with Gasteiger partial charge in [0.05, 0.1) is 5.56 Å². The van der Waals surface area contributed by atoms with Crippen molar-refractivity contribution >= 4 is 23.5 Å². The largest absolute Gasteiger partial charge is 0.481 e. The quantitative estimate of drug-likeness (QED) is 0.784. The highest BCUT2D eigenvalue weighted by Crippen LogP contribution is 2.05. The van der Waals surface area contributed by atoms with Crippen molar-refractivity contribution in [1.29, 1.82) is 0 Å². The highest BCUT2D eigenvalue weighted by molar-refractivity contribution is 6.29. The monoisotopic (exact) mass is 256 g/mol. The summed E-state index contributed by atoms with van der Waals surface area (Å²) in [6.07, 6.45) is 1.40. The Bertz CT molecular complexity index is 406. The molecule has 0 saturated carbocycles. The van der Waals surface area contributed by atoms with Crippen LogP contribution < -0.4 is 5.32 Å². The standard InChI is InChI=1S/C11H13ClN2O3/c1-7(4-10(15)16)5-14-11(17)8-2-3-9(12)13-6-8/h2-3,6-7H,4-5H2,1H3,(H,14,17)(H,15,16). The number of carboxylic acid groups (broad SMARTS) is 1. The molecule has 0 aliphatic carbocycles. The van der Waals surface area contributed by atoms with Crippen LogP contribution in [0.5, 0.6) is 0 Å². The molecule has 0 bridgehead atoms. The van der Waals surface area contributed by atoms with Crippen LogP contribution in [0.2, 0.25) is 5.15 Å². The third-order valence-electron chi connectivity index (χ3n) is 2.12. The van der Waals surface area contributed by atoms with Crippen molar-refractivity contribution in [2.24, 2.45) is 5.92 Å². The van der Waals surface area contributed by atoms with Crippen molar-refractivity contribution in [1.82, 2.24) is 10.3 Å². The Kier molecular flexibility index (Phi) is 4.90. The Morgan fingerprint density at radius 2 is 2.24 bits per heavy atom. The number of carboxylic acids is 1. The lowest BCUT2D eigenvalue weighted by Gasteiger charge is -2.10. The van der Waals surface area contributed by atoms with E-state index in [4.69, 9.17) is 16.7 Å². The number of nitrogens with one attached hydrogen (secondary N) is 1. The molecule has 5 nitrogen and oxygen atoms in total. The zero-order valence-corrected chi connectivity index (χ0v) is 10.1. The summed E-state index contributed by atoms with van der Waals surface area (Å²) in [6.45, 7) is 2.07. The van der Waals surface area contributed by atoms with Crippen LogP contribution in [0.15, 0.2) is 18.3 Å². The third kappa shape index (κ3) is 4.82. The normalized spacial score (nSPS) is 11.9. The summed E-state index contributed by atoms with van der Waals surface area (Å²) in [5, 5.41) is 11.5. The average Bonchev–Trinajstić information content (AvgIpc) is 2.26. The van der Waals surface area contributed by atoms with Gasteiger partial charge in [-0.15, -0.1) is 0 Å². The Balaban J connectivity index is 2.44. The maximum absolute atomic E-state index is 11.6. The van der Waals surface area contributed by atoms with Crippen LogP contribution in [-0.4, -0.2) is 28.5 Å². The van der Waals surface area contributed by atoms with E-state index >= 15 is 0 Å². The zero-order chi connectivity index (χ0) is 12.8. The molecule has 1 rings (SSSR count). The molecular formula is C11H13ClN2O3. The molecule has 1 heterocycles. The lowest BCUT2D eigenvalue weighted by molar-refractivity contribution is -0.137. The highest BCUT2D eigenvalue weighted by Gasteiger charge is 2.10. The summed E-state index contributed by atoms with van der Waals surface area (Å²) in [7, 11) is 0. The van der Waals surface area contributed by atoms with Gasteiger partial charge in [0.2, 0.25) is 0 Å². The predicted molar refractivity (Wildman–Crippen MR) is 63.0 cm³/mol. The molecule has 0 fully saturated rings. The van der Waals surface area contributed by atoms with Crippen LogP contribution >= 0.6 is 11.6 Å². The van der Waals surface area contributed by atoms with Gasteiger partial charge in [-0.3, -0.25) is 9.59 Å². The minimum absolute atomic E-state index is 0.0269. The lowest BCUT2D eigenvalue weighted by Crippen LogP contribution is -2.29. The molecule has 0 aliphatic heterocycles. The molecule has 1 aromatic heterocycles. The Morgan fingerprint density at radius 3 is 2.76 bits per heavy atom. The smallest absolute Gasteiger partial charge is 0.303 e. The number of hydrogen-bond acceptors (Lipinski definition) is 3. The van der Waals surface area contributed by atoms with Crippen LogP contribution in [-0.2, 0) is 4.79 Å². The molecule has 6 heteroatoms. The van der Waals surface area contributed by atoms with E-state index in [0.717, 1.165) is 0 Å². The first kappa shape index (κ1) is 13.4. The van der Waals surface area contributed by atoms with Crippen molar-refractivity contribution in [3.8, 4) is 0 Å². The molecule has 0 saturated heterocycles. The Labute approximate surface area is 104 Å². The lowest BCUT2D eigenvalue weighted by atomic mass is 10.1. The number of amides is 1. The van der Waals surface area contributed by atoms with Crippen LogP contribution in [0.25, 0.3) is 0 Å². The van der Waals surface area contributed by atoms with E-state index in [2.05, 4.69) is 10.3 Å². The fourth-order valence-electron chi connectivity index (χ4n) is 1.25. The molecule has 2 N–H and O–H groups in total. The zero-order valence-electron chi connectivity index (χ0n) is 9.31. The van der Waals surface area contributed by atoms with Crippen LogP contribution in [0.3, 0.4) is 0 Å². The van der Waals surface area contributed by atoms with E-state index in [-0.39, 0.29) is 18.2 Å². The van der Waals surface area contributed by atoms with Gasteiger partial charge in [-0.05, 0) is 18.1 Å². The number of aromatic nitrogens is 1. The summed E-state index contributed by atoms with van der Waals surface area (Å²) in [4.78, 5) is 25.8. The van der Waals surface area contributed by atoms with Crippen molar-refractivity contribution in [2.75, 3.05) is 6.54 Å². The van der Waals surface area contributed by atoms with Gasteiger partial charge < -0.3 is 10.4 Å². The molecule has 17 heavy (non-hydrogen) atoms. The highest BCUT2D eigenvalue weighted by atomic mass is 35.5. The fraction of sp³-hybridized carbons (Fsp3) is 0.364. The second-order valence-corrected chi connectivity index (χ2v) is 4.17. The number of pyridine rings is 1. The minimum Gasteiger partial charge on any atom is -0.481 e. The Morgan fingerprint density at radius 1 is 1.53 bits per heavy atom. The SMILES string of the molecule is CC(CNC(=O)c1ccc(Cl)nc1)CC(=O)O. The molecule has 1 aromatic rings. The number of aliphatic carboxylic acids is 1. The molecule has 0 radical (unpaired) electrons. The maximum Gasteiger partial charge on any atom is 0.303 e. The summed E-state index contributed by atoms with van der Waals surface area (Å²) in [5.74, 6) is -1.27. The molecule has 1 unspecified atom stereocenters. The van der Waals surface area contributed by atoms with E-state index in [0.29, 0.717) is 17.3 Å². The molecule has 92 valence electrons. The number of halogens is 1. The first-order valence-electron chi connectivity index (χ1n) is 5.10. The van der Waals surface area contributed by atoms with Crippen molar-refractivity contribution < 1.29 is 14.7 Å². The van der Waals surface area contributed by atoms with E-state index in [9.17, 15) is 9.59 Å². The van der Waals surface area contributed by atoms with Crippen molar-refractivity contribution in [3.05, 3.63) is 29.0 Å². The van der Waals surface area contributed by atoms with Crippen molar-refractivity contribution in [3.63, 3.8) is 0 Å². The molecular weight excluding hydrogens is 244 g/mol. The molecule has 1 atom stereocenters. The number of rotatable bonds is 5. The number of nitrogens with zero attached hydrogens (tertiary/aromatic N) is 1. The van der Waals surface area contributed by atoms with Gasteiger partial charge in [-0.1, -0.05) is 18.5 Å². The van der Waals surface area contributed by atoms with Gasteiger partial charge in [0.25, 0.3) is 5.91 Å². The topological polar surface area (TPSA) is 79.3 Å². The summed E-state index contributed by atoms with van der Waals surface area (Å²) in [5.41, 5.74) is 0.400. The second kappa shape index (κ2) is 6.20. The van der Waals surface area contributed by atoms with Gasteiger partial charge in [0, 0.05) is 19.2 Å². The van der Waals surface area contributed by atoms with Crippen LogP contribution in [0.4, 0.5) is 0 Å². The van der Waals surface area contributed by atoms with Crippen LogP contribution in [0.1, 0.15) is 23.7 Å². The van der Waals surface area contributed by atoms with Gasteiger partial charge in [0.15, 0.2) is 0 Å². The molecule has 0 aliphatic rings. The van der Waals surface area contributed by atoms with Gasteiger partial charge in [-0.2, -0.15) is 0 Å². The molecule has 1 amide bonds. The summed E-state index contributed by atoms with van der Waals surface area (Å²) >= 11 is 5.59. The number of hydrogen-bond donors (Lipinski definition) is 2. The van der Waals surface area contributed by atoms with Crippen LogP contribution in [0, 0.1) is 5.92 Å². The predicted octanol–water partition coefficient (Wildman–Crippen LogP) is 1.58. The number of carbonyl (C=O) groups is 2. The van der Waals surface area contributed by atoms with Crippen molar-refractivity contribution in [2.45, 2.75) is 13.3 Å². The molecule has 0 aromatic carbocycles. The fourth-order valence-corrected chi connectivity index (χ4v) is 1.36. The first-order valence-corrected chi connectivity index (χ1v) is 5.48. The maximum atomic E-state index is 11.6. The van der Waals surface area contributed by atoms with Gasteiger partial charge in [-0.25, -0.2) is 4.98 Å². The van der Waals surface area contributed by atoms with Gasteiger partial charge in [0.1, 0.15) is 5.15 Å². The Hall–Kier alpha value is -1.62. The average molecular weight is 257 g/mol. The number of carbonyl (C=O) groups excluding carboxylic acids is 1. The van der Waals surface area contributed by atoms with E-state index in [1.54, 1.807) is 13.0 Å².